The molecule has 71 heavy (non-hydrogen) atoms. The van der Waals surface area contributed by atoms with E-state index in [1.54, 1.807) is 0 Å². The molecule has 2 aliphatic heterocycles. The molecule has 11 unspecified atom stereocenters. The minimum absolute atomic E-state index is 0.0553. The monoisotopic (exact) mass is 1010 g/mol. The third-order valence-corrected chi connectivity index (χ3v) is 13.3. The lowest BCUT2D eigenvalue weighted by Gasteiger charge is -2.42. The Labute approximate surface area is 429 Å². The van der Waals surface area contributed by atoms with Crippen LogP contribution in [0.4, 0.5) is 0 Å². The lowest BCUT2D eigenvalue weighted by Crippen LogP contribution is -2.61. The molecular weight excluding hydrogens is 909 g/mol. The van der Waals surface area contributed by atoms with E-state index in [0.717, 1.165) is 70.6 Å². The summed E-state index contributed by atoms with van der Waals surface area (Å²) in [6, 6.07) is 0. The largest absolute Gasteiger partial charge is 0.457 e. The number of rotatable bonds is 45. The van der Waals surface area contributed by atoms with Crippen molar-refractivity contribution in [1.82, 2.24) is 0 Å². The highest BCUT2D eigenvalue weighted by Gasteiger charge is 2.47. The minimum atomic E-state index is -1.71. The van der Waals surface area contributed by atoms with Gasteiger partial charge in [0.15, 0.2) is 12.6 Å². The van der Waals surface area contributed by atoms with Crippen LogP contribution in [0.1, 0.15) is 206 Å². The third kappa shape index (κ3) is 31.4. The number of aliphatic hydroxyl groups is 7. The van der Waals surface area contributed by atoms with Crippen LogP contribution in [0.3, 0.4) is 0 Å². The number of esters is 1. The summed E-state index contributed by atoms with van der Waals surface area (Å²) in [5.74, 6) is -0.383. The van der Waals surface area contributed by atoms with E-state index in [-0.39, 0.29) is 25.6 Å². The van der Waals surface area contributed by atoms with Gasteiger partial charge in [0.25, 0.3) is 0 Å². The van der Waals surface area contributed by atoms with Crippen LogP contribution < -0.4 is 0 Å². The van der Waals surface area contributed by atoms with E-state index in [2.05, 4.69) is 62.5 Å². The molecule has 0 aromatic carbocycles. The lowest BCUT2D eigenvalue weighted by molar-refractivity contribution is -0.332. The fraction of sp³-hybridized carbons (Fsp3) is 0.842. The fourth-order valence-electron chi connectivity index (χ4n) is 8.68. The number of hydrogen-bond acceptors (Lipinski definition) is 14. The molecule has 0 aromatic rings. The van der Waals surface area contributed by atoms with Gasteiger partial charge in [0.2, 0.25) is 0 Å². The van der Waals surface area contributed by atoms with Gasteiger partial charge in [0.1, 0.15) is 54.9 Å². The Morgan fingerprint density at radius 2 is 0.887 bits per heavy atom. The van der Waals surface area contributed by atoms with Gasteiger partial charge in [-0.1, -0.05) is 178 Å². The number of unbranched alkanes of at least 4 members (excludes halogenated alkanes) is 23. The second-order valence-electron chi connectivity index (χ2n) is 19.8. The molecule has 2 aliphatic rings. The smallest absolute Gasteiger partial charge is 0.306 e. The van der Waals surface area contributed by atoms with Crippen LogP contribution in [0.5, 0.6) is 0 Å². The number of carbonyl (C=O) groups is 1. The quantitative estimate of drug-likeness (QED) is 0.0172. The number of aliphatic hydroxyl groups excluding tert-OH is 7. The number of ether oxygens (including phenoxy) is 6. The average Bonchev–Trinajstić information content (AvgIpc) is 3.37. The van der Waals surface area contributed by atoms with Crippen LogP contribution in [0, 0.1) is 0 Å². The fourth-order valence-corrected chi connectivity index (χ4v) is 8.68. The second-order valence-corrected chi connectivity index (χ2v) is 19.8. The summed E-state index contributed by atoms with van der Waals surface area (Å²) in [6.07, 6.45) is 36.0. The molecular formula is C57H102O14. The number of carbonyl (C=O) groups excluding carboxylic acids is 1. The van der Waals surface area contributed by atoms with Gasteiger partial charge in [-0.3, -0.25) is 4.79 Å². The molecule has 414 valence electrons. The maximum atomic E-state index is 13.0. The van der Waals surface area contributed by atoms with Crippen molar-refractivity contribution in [2.75, 3.05) is 33.0 Å². The Balaban J connectivity index is 1.69. The summed E-state index contributed by atoms with van der Waals surface area (Å²) in [7, 11) is 0. The van der Waals surface area contributed by atoms with Crippen molar-refractivity contribution in [3.8, 4) is 0 Å². The third-order valence-electron chi connectivity index (χ3n) is 13.3. The van der Waals surface area contributed by atoms with Crippen molar-refractivity contribution in [2.45, 2.75) is 274 Å². The highest BCUT2D eigenvalue weighted by Crippen LogP contribution is 2.26. The van der Waals surface area contributed by atoms with E-state index in [1.165, 1.54) is 109 Å². The Bertz CT molecular complexity index is 1360. The molecule has 0 spiro atoms. The normalized spacial score (nSPS) is 25.6. The summed E-state index contributed by atoms with van der Waals surface area (Å²) in [5.41, 5.74) is 0. The second kappa shape index (κ2) is 44.3. The van der Waals surface area contributed by atoms with E-state index in [4.69, 9.17) is 28.4 Å². The Hall–Kier alpha value is -2.05. The van der Waals surface area contributed by atoms with Crippen LogP contribution in [-0.4, -0.2) is 142 Å². The van der Waals surface area contributed by atoms with E-state index >= 15 is 0 Å². The van der Waals surface area contributed by atoms with E-state index in [1.807, 2.05) is 0 Å². The zero-order chi connectivity index (χ0) is 51.6. The Morgan fingerprint density at radius 1 is 0.465 bits per heavy atom. The van der Waals surface area contributed by atoms with E-state index in [9.17, 15) is 40.5 Å². The molecule has 2 rings (SSSR count). The first kappa shape index (κ1) is 65.1. The number of allylic oxidation sites excluding steroid dienone is 8. The first-order valence-corrected chi connectivity index (χ1v) is 28.2. The Kier molecular flexibility index (Phi) is 40.6. The highest BCUT2D eigenvalue weighted by atomic mass is 16.7. The van der Waals surface area contributed by atoms with Crippen LogP contribution in [-0.2, 0) is 33.2 Å². The molecule has 2 heterocycles. The van der Waals surface area contributed by atoms with Gasteiger partial charge in [0, 0.05) is 13.0 Å². The van der Waals surface area contributed by atoms with Crippen molar-refractivity contribution >= 4 is 5.97 Å². The van der Waals surface area contributed by atoms with Gasteiger partial charge in [0.05, 0.1) is 26.4 Å². The molecule has 0 amide bonds. The summed E-state index contributed by atoms with van der Waals surface area (Å²) < 4.78 is 34.3. The molecule has 14 heteroatoms. The van der Waals surface area contributed by atoms with E-state index in [0.29, 0.717) is 13.0 Å². The van der Waals surface area contributed by atoms with Crippen LogP contribution in [0.25, 0.3) is 0 Å². The van der Waals surface area contributed by atoms with Gasteiger partial charge < -0.3 is 64.2 Å². The number of hydrogen-bond donors (Lipinski definition) is 7. The molecule has 0 aliphatic carbocycles. The van der Waals surface area contributed by atoms with Crippen molar-refractivity contribution in [3.05, 3.63) is 48.6 Å². The topological polar surface area (TPSA) is 214 Å². The standard InChI is InChI=1S/C57H102O14/c1-3-5-7-9-11-13-15-17-18-19-20-21-22-23-24-25-26-27-28-29-30-32-34-36-38-40-49(59)69-46(43-66-41-39-37-35-33-31-16-14-12-10-8-6-4-2)44-67-56-55(65)53(63)51(61)48(71-56)45-68-57-54(64)52(62)50(60)47(42-58)70-57/h10,12,15,17,19-20,22-23,46-48,50-58,60-65H,3-9,11,13-14,16,18,21,24-45H2,1-2H3/b12-10-,17-15-,20-19-,23-22-. The van der Waals surface area contributed by atoms with Crippen LogP contribution in [0.15, 0.2) is 48.6 Å². The summed E-state index contributed by atoms with van der Waals surface area (Å²) >= 11 is 0. The van der Waals surface area contributed by atoms with Gasteiger partial charge in [-0.15, -0.1) is 0 Å². The molecule has 11 atom stereocenters. The van der Waals surface area contributed by atoms with Gasteiger partial charge in [-0.05, 0) is 70.6 Å². The van der Waals surface area contributed by atoms with Gasteiger partial charge in [-0.2, -0.15) is 0 Å². The van der Waals surface area contributed by atoms with Crippen molar-refractivity contribution in [1.29, 1.82) is 0 Å². The van der Waals surface area contributed by atoms with Crippen molar-refractivity contribution < 1.29 is 69.0 Å². The maximum Gasteiger partial charge on any atom is 0.306 e. The summed E-state index contributed by atoms with van der Waals surface area (Å²) in [6.45, 7) is 3.63. The Morgan fingerprint density at radius 3 is 1.42 bits per heavy atom. The van der Waals surface area contributed by atoms with Crippen LogP contribution in [0.2, 0.25) is 0 Å². The van der Waals surface area contributed by atoms with Gasteiger partial charge in [-0.25, -0.2) is 0 Å². The minimum Gasteiger partial charge on any atom is -0.457 e. The predicted octanol–water partition coefficient (Wildman–Crippen LogP) is 9.52. The molecule has 0 saturated carbocycles. The van der Waals surface area contributed by atoms with Crippen molar-refractivity contribution in [3.63, 3.8) is 0 Å². The molecule has 0 radical (unpaired) electrons. The first-order valence-electron chi connectivity index (χ1n) is 28.2. The predicted molar refractivity (Wildman–Crippen MR) is 279 cm³/mol. The van der Waals surface area contributed by atoms with Crippen molar-refractivity contribution in [2.24, 2.45) is 0 Å². The molecule has 0 bridgehead atoms. The molecule has 0 aromatic heterocycles. The highest BCUT2D eigenvalue weighted by molar-refractivity contribution is 5.69. The first-order chi connectivity index (χ1) is 34.6. The summed E-state index contributed by atoms with van der Waals surface area (Å²) in [5, 5.41) is 72.2. The maximum absolute atomic E-state index is 13.0. The van der Waals surface area contributed by atoms with E-state index < -0.39 is 80.7 Å². The van der Waals surface area contributed by atoms with Crippen LogP contribution >= 0.6 is 0 Å². The molecule has 2 fully saturated rings. The molecule has 14 nitrogen and oxygen atoms in total. The zero-order valence-electron chi connectivity index (χ0n) is 44.2. The molecule has 2 saturated heterocycles. The average molecular weight is 1010 g/mol. The summed E-state index contributed by atoms with van der Waals surface area (Å²) in [4.78, 5) is 13.0. The SMILES string of the molecule is CCCC/C=C\CCCCCCCCOCC(COC1OC(COC2OC(CO)C(O)C(O)C2O)C(O)C(O)C1O)OC(=O)CCCCCCCCCCCC/C=C\C/C=C\C/C=C\CCCCCCC. The zero-order valence-corrected chi connectivity index (χ0v) is 44.2. The van der Waals surface area contributed by atoms with Gasteiger partial charge >= 0.3 is 5.97 Å². The molecule has 7 N–H and O–H groups in total. The lowest BCUT2D eigenvalue weighted by atomic mass is 9.98.